The van der Waals surface area contributed by atoms with Gasteiger partial charge in [0.2, 0.25) is 0 Å². The van der Waals surface area contributed by atoms with E-state index >= 15 is 0 Å². The number of likely N-dealkylation sites (tertiary alicyclic amines) is 1. The highest BCUT2D eigenvalue weighted by atomic mass is 19.1. The molecule has 2 N–H and O–H groups in total. The molecule has 3 heteroatoms. The Balaban J connectivity index is 1.72. The van der Waals surface area contributed by atoms with Gasteiger partial charge in [-0.2, -0.15) is 0 Å². The van der Waals surface area contributed by atoms with Gasteiger partial charge in [0.1, 0.15) is 5.82 Å². The van der Waals surface area contributed by atoms with Gasteiger partial charge in [-0.1, -0.05) is 25.0 Å². The Bertz CT molecular complexity index is 458. The Labute approximate surface area is 121 Å². The highest BCUT2D eigenvalue weighted by Crippen LogP contribution is 2.36. The Kier molecular flexibility index (Phi) is 4.37. The normalized spacial score (nSPS) is 27.3. The minimum absolute atomic E-state index is 0.0918. The molecule has 1 saturated carbocycles. The number of benzene rings is 1. The van der Waals surface area contributed by atoms with Crippen molar-refractivity contribution in [3.05, 3.63) is 35.1 Å². The molecule has 1 aliphatic carbocycles. The molecule has 0 radical (unpaired) electrons. The fraction of sp³-hybridized carbons (Fsp3) is 0.647. The van der Waals surface area contributed by atoms with Gasteiger partial charge in [0.15, 0.2) is 0 Å². The quantitative estimate of drug-likeness (QED) is 0.916. The van der Waals surface area contributed by atoms with Crippen LogP contribution in [0.15, 0.2) is 18.2 Å². The number of nitrogens with zero attached hydrogens (tertiary/aromatic N) is 1. The third-order valence-electron chi connectivity index (χ3n) is 5.08. The SMILES string of the molecule is NCc1ccc(CN2CCC[C@H]3CCCC[C@H]32)c(F)c1. The van der Waals surface area contributed by atoms with Crippen LogP contribution in [0, 0.1) is 11.7 Å². The second-order valence-corrected chi connectivity index (χ2v) is 6.35. The molecule has 2 fully saturated rings. The van der Waals surface area contributed by atoms with E-state index < -0.39 is 0 Å². The van der Waals surface area contributed by atoms with E-state index in [1.807, 2.05) is 12.1 Å². The van der Waals surface area contributed by atoms with Crippen LogP contribution in [0.1, 0.15) is 49.7 Å². The van der Waals surface area contributed by atoms with Gasteiger partial charge in [-0.25, -0.2) is 4.39 Å². The standard InChI is InChI=1S/C17H25FN2/c18-16-10-13(11-19)7-8-15(16)12-20-9-3-5-14-4-1-2-6-17(14)20/h7-8,10,14,17H,1-6,9,11-12,19H2/t14-,17-/m1/s1. The van der Waals surface area contributed by atoms with Crippen LogP contribution in [0.3, 0.4) is 0 Å². The molecule has 1 aromatic carbocycles. The molecule has 0 amide bonds. The molecule has 20 heavy (non-hydrogen) atoms. The molecular formula is C17H25FN2. The van der Waals surface area contributed by atoms with Crippen LogP contribution in [0.25, 0.3) is 0 Å². The molecule has 2 nitrogen and oxygen atoms in total. The molecule has 3 rings (SSSR count). The molecule has 110 valence electrons. The van der Waals surface area contributed by atoms with Gasteiger partial charge in [-0.05, 0) is 49.8 Å². The van der Waals surface area contributed by atoms with Crippen molar-refractivity contribution in [1.29, 1.82) is 0 Å². The summed E-state index contributed by atoms with van der Waals surface area (Å²) in [5, 5.41) is 0. The zero-order valence-electron chi connectivity index (χ0n) is 12.2. The predicted octanol–water partition coefficient (Wildman–Crippen LogP) is 3.44. The maximum atomic E-state index is 14.1. The average Bonchev–Trinajstić information content (AvgIpc) is 2.49. The van der Waals surface area contributed by atoms with Crippen molar-refractivity contribution in [3.63, 3.8) is 0 Å². The molecule has 0 aromatic heterocycles. The van der Waals surface area contributed by atoms with Crippen molar-refractivity contribution in [1.82, 2.24) is 4.90 Å². The molecule has 2 aliphatic rings. The fourth-order valence-corrected chi connectivity index (χ4v) is 3.99. The first-order valence-corrected chi connectivity index (χ1v) is 7.99. The van der Waals surface area contributed by atoms with E-state index in [2.05, 4.69) is 4.90 Å². The number of rotatable bonds is 3. The molecule has 1 saturated heterocycles. The minimum Gasteiger partial charge on any atom is -0.326 e. The van der Waals surface area contributed by atoms with Crippen LogP contribution in [-0.2, 0) is 13.1 Å². The van der Waals surface area contributed by atoms with Crippen molar-refractivity contribution in [2.24, 2.45) is 11.7 Å². The van der Waals surface area contributed by atoms with Crippen molar-refractivity contribution in [2.45, 2.75) is 57.7 Å². The maximum Gasteiger partial charge on any atom is 0.128 e. The highest BCUT2D eigenvalue weighted by molar-refractivity contribution is 5.24. The third kappa shape index (κ3) is 2.89. The third-order valence-corrected chi connectivity index (χ3v) is 5.08. The highest BCUT2D eigenvalue weighted by Gasteiger charge is 2.33. The van der Waals surface area contributed by atoms with Gasteiger partial charge in [-0.15, -0.1) is 0 Å². The zero-order chi connectivity index (χ0) is 13.9. The monoisotopic (exact) mass is 276 g/mol. The summed E-state index contributed by atoms with van der Waals surface area (Å²) in [5.74, 6) is 0.759. The lowest BCUT2D eigenvalue weighted by Gasteiger charge is -2.44. The Morgan fingerprint density at radius 2 is 1.95 bits per heavy atom. The van der Waals surface area contributed by atoms with Crippen molar-refractivity contribution in [3.8, 4) is 0 Å². The number of hydrogen-bond acceptors (Lipinski definition) is 2. The fourth-order valence-electron chi connectivity index (χ4n) is 3.99. The largest absolute Gasteiger partial charge is 0.326 e. The summed E-state index contributed by atoms with van der Waals surface area (Å²) in [6, 6.07) is 6.16. The molecule has 1 aromatic rings. The van der Waals surface area contributed by atoms with Gasteiger partial charge in [0.05, 0.1) is 0 Å². The van der Waals surface area contributed by atoms with E-state index in [-0.39, 0.29) is 5.82 Å². The molecule has 2 atom stereocenters. The number of fused-ring (bicyclic) bond motifs is 1. The molecule has 0 bridgehead atoms. The van der Waals surface area contributed by atoms with Gasteiger partial charge < -0.3 is 5.73 Å². The topological polar surface area (TPSA) is 29.3 Å². The van der Waals surface area contributed by atoms with Gasteiger partial charge >= 0.3 is 0 Å². The van der Waals surface area contributed by atoms with Crippen molar-refractivity contribution >= 4 is 0 Å². The van der Waals surface area contributed by atoms with Crippen LogP contribution >= 0.6 is 0 Å². The van der Waals surface area contributed by atoms with E-state index in [1.165, 1.54) is 38.5 Å². The summed E-state index contributed by atoms with van der Waals surface area (Å²) < 4.78 is 14.1. The smallest absolute Gasteiger partial charge is 0.128 e. The number of hydrogen-bond donors (Lipinski definition) is 1. The first-order valence-electron chi connectivity index (χ1n) is 7.99. The summed E-state index contributed by atoms with van der Waals surface area (Å²) in [6.07, 6.45) is 8.03. The molecule has 0 unspecified atom stereocenters. The van der Waals surface area contributed by atoms with Crippen LogP contribution in [0.5, 0.6) is 0 Å². The zero-order valence-corrected chi connectivity index (χ0v) is 12.2. The first-order chi connectivity index (χ1) is 9.78. The maximum absolute atomic E-state index is 14.1. The number of piperidine rings is 1. The Hall–Kier alpha value is -0.930. The molecule has 0 spiro atoms. The van der Waals surface area contributed by atoms with E-state index in [0.717, 1.165) is 30.1 Å². The summed E-state index contributed by atoms with van der Waals surface area (Å²) in [5.41, 5.74) is 7.27. The summed E-state index contributed by atoms with van der Waals surface area (Å²) in [7, 11) is 0. The Morgan fingerprint density at radius 3 is 2.75 bits per heavy atom. The van der Waals surface area contributed by atoms with E-state index in [0.29, 0.717) is 12.6 Å². The average molecular weight is 276 g/mol. The van der Waals surface area contributed by atoms with Crippen LogP contribution in [-0.4, -0.2) is 17.5 Å². The van der Waals surface area contributed by atoms with E-state index in [4.69, 9.17) is 5.73 Å². The predicted molar refractivity (Wildman–Crippen MR) is 79.7 cm³/mol. The van der Waals surface area contributed by atoms with Crippen LogP contribution in [0.2, 0.25) is 0 Å². The van der Waals surface area contributed by atoms with Gasteiger partial charge in [-0.3, -0.25) is 4.90 Å². The second-order valence-electron chi connectivity index (χ2n) is 6.35. The van der Waals surface area contributed by atoms with Crippen molar-refractivity contribution in [2.75, 3.05) is 6.54 Å². The lowest BCUT2D eigenvalue weighted by molar-refractivity contribution is 0.0539. The van der Waals surface area contributed by atoms with Crippen LogP contribution in [0.4, 0.5) is 4.39 Å². The lowest BCUT2D eigenvalue weighted by atomic mass is 9.78. The minimum atomic E-state index is -0.0918. The van der Waals surface area contributed by atoms with Gasteiger partial charge in [0, 0.05) is 24.7 Å². The first kappa shape index (κ1) is 14.0. The Morgan fingerprint density at radius 1 is 1.15 bits per heavy atom. The van der Waals surface area contributed by atoms with E-state index in [9.17, 15) is 4.39 Å². The van der Waals surface area contributed by atoms with E-state index in [1.54, 1.807) is 6.07 Å². The number of halogens is 1. The molecular weight excluding hydrogens is 251 g/mol. The van der Waals surface area contributed by atoms with Gasteiger partial charge in [0.25, 0.3) is 0 Å². The molecule has 1 heterocycles. The summed E-state index contributed by atoms with van der Waals surface area (Å²) in [4.78, 5) is 2.52. The number of nitrogens with two attached hydrogens (primary N) is 1. The lowest BCUT2D eigenvalue weighted by Crippen LogP contribution is -2.46. The summed E-state index contributed by atoms with van der Waals surface area (Å²) in [6.45, 7) is 2.29. The molecule has 1 aliphatic heterocycles. The second kappa shape index (κ2) is 6.23. The summed E-state index contributed by atoms with van der Waals surface area (Å²) >= 11 is 0. The van der Waals surface area contributed by atoms with Crippen molar-refractivity contribution < 1.29 is 4.39 Å². The van der Waals surface area contributed by atoms with Crippen LogP contribution < -0.4 is 5.73 Å².